The average molecular weight is 347 g/mol. The number of rotatable bonds is 2. The maximum Gasteiger partial charge on any atom is 0.311 e. The third-order valence-corrected chi connectivity index (χ3v) is 5.34. The third kappa shape index (κ3) is 2.47. The van der Waals surface area contributed by atoms with Crippen molar-refractivity contribution in [3.63, 3.8) is 0 Å². The summed E-state index contributed by atoms with van der Waals surface area (Å²) in [6, 6.07) is 5.66. The Bertz CT molecular complexity index is 825. The zero-order chi connectivity index (χ0) is 16.8. The predicted molar refractivity (Wildman–Crippen MR) is 90.6 cm³/mol. The van der Waals surface area contributed by atoms with Crippen LogP contribution in [0.5, 0.6) is 0 Å². The number of nitrogens with one attached hydrogen (secondary N) is 1. The maximum absolute atomic E-state index is 12.3. The second kappa shape index (κ2) is 5.81. The van der Waals surface area contributed by atoms with Crippen LogP contribution in [0.3, 0.4) is 0 Å². The summed E-state index contributed by atoms with van der Waals surface area (Å²) >= 11 is 6.12. The minimum absolute atomic E-state index is 0.0250. The van der Waals surface area contributed by atoms with E-state index in [2.05, 4.69) is 4.98 Å². The second-order valence-electron chi connectivity index (χ2n) is 6.59. The van der Waals surface area contributed by atoms with E-state index in [1.807, 2.05) is 18.2 Å². The summed E-state index contributed by atoms with van der Waals surface area (Å²) in [5.74, 6) is -0.325. The van der Waals surface area contributed by atoms with Gasteiger partial charge < -0.3 is 14.6 Å². The molecule has 6 heteroatoms. The first kappa shape index (κ1) is 15.5. The molecule has 4 rings (SSSR count). The van der Waals surface area contributed by atoms with Crippen molar-refractivity contribution >= 4 is 34.4 Å². The maximum atomic E-state index is 12.3. The number of ether oxygens (including phenoxy) is 1. The number of aromatic nitrogens is 1. The number of aromatic amines is 1. The van der Waals surface area contributed by atoms with Gasteiger partial charge in [-0.25, -0.2) is 0 Å². The van der Waals surface area contributed by atoms with Crippen molar-refractivity contribution < 1.29 is 14.3 Å². The van der Waals surface area contributed by atoms with Gasteiger partial charge in [0, 0.05) is 29.4 Å². The molecule has 2 aromatic rings. The predicted octanol–water partition coefficient (Wildman–Crippen LogP) is 3.57. The van der Waals surface area contributed by atoms with Gasteiger partial charge in [-0.3, -0.25) is 9.59 Å². The Hall–Kier alpha value is -2.01. The van der Waals surface area contributed by atoms with Crippen LogP contribution in [0.4, 0.5) is 0 Å². The van der Waals surface area contributed by atoms with Crippen molar-refractivity contribution in [3.05, 3.63) is 34.5 Å². The van der Waals surface area contributed by atoms with E-state index in [-0.39, 0.29) is 17.8 Å². The Morgan fingerprint density at radius 2 is 2.12 bits per heavy atom. The van der Waals surface area contributed by atoms with Gasteiger partial charge in [0.15, 0.2) is 0 Å². The summed E-state index contributed by atoms with van der Waals surface area (Å²) in [4.78, 5) is 29.3. The number of carbonyl (C=O) groups is 2. The average Bonchev–Trinajstić information content (AvgIpc) is 2.84. The summed E-state index contributed by atoms with van der Waals surface area (Å²) in [6.45, 7) is 2.04. The van der Waals surface area contributed by atoms with E-state index in [0.717, 1.165) is 41.4 Å². The fourth-order valence-electron chi connectivity index (χ4n) is 3.52. The summed E-state index contributed by atoms with van der Waals surface area (Å²) in [5, 5.41) is 1.70. The minimum Gasteiger partial charge on any atom is -0.435 e. The Labute approximate surface area is 144 Å². The third-order valence-electron chi connectivity index (χ3n) is 5.10. The van der Waals surface area contributed by atoms with E-state index in [9.17, 15) is 9.59 Å². The lowest BCUT2D eigenvalue weighted by Gasteiger charge is -2.36. The van der Waals surface area contributed by atoms with Crippen LogP contribution in [-0.2, 0) is 20.7 Å². The molecule has 2 heterocycles. The van der Waals surface area contributed by atoms with Crippen LogP contribution < -0.4 is 0 Å². The molecule has 1 aromatic heterocycles. The first-order valence-corrected chi connectivity index (χ1v) is 8.70. The molecule has 2 aliphatic rings. The topological polar surface area (TPSA) is 62.4 Å². The summed E-state index contributed by atoms with van der Waals surface area (Å²) in [6.07, 6.45) is 2.86. The van der Waals surface area contributed by atoms with Crippen LogP contribution in [0.2, 0.25) is 5.02 Å². The molecule has 1 unspecified atom stereocenters. The number of hydrogen-bond donors (Lipinski definition) is 1. The highest BCUT2D eigenvalue weighted by Crippen LogP contribution is 2.38. The molecular weight excluding hydrogens is 328 g/mol. The highest BCUT2D eigenvalue weighted by molar-refractivity contribution is 6.31. The van der Waals surface area contributed by atoms with E-state index < -0.39 is 6.23 Å². The SMILES string of the molecule is CC(=O)N1CCc2c([nH]c3ccc(Cl)cc23)C1OC(=O)C1CCC1. The Morgan fingerprint density at radius 3 is 2.79 bits per heavy atom. The van der Waals surface area contributed by atoms with Gasteiger partial charge >= 0.3 is 5.97 Å². The molecule has 1 saturated carbocycles. The van der Waals surface area contributed by atoms with Gasteiger partial charge in [-0.2, -0.15) is 0 Å². The lowest BCUT2D eigenvalue weighted by molar-refractivity contribution is -0.173. The number of carbonyl (C=O) groups excluding carboxylic acids is 2. The summed E-state index contributed by atoms with van der Waals surface area (Å²) in [7, 11) is 0. The van der Waals surface area contributed by atoms with E-state index in [0.29, 0.717) is 18.0 Å². The fraction of sp³-hybridized carbons (Fsp3) is 0.444. The molecule has 1 aliphatic heterocycles. The summed E-state index contributed by atoms with van der Waals surface area (Å²) < 4.78 is 5.76. The molecule has 24 heavy (non-hydrogen) atoms. The van der Waals surface area contributed by atoms with Crippen LogP contribution in [-0.4, -0.2) is 28.3 Å². The molecule has 0 spiro atoms. The van der Waals surface area contributed by atoms with Gasteiger partial charge in [-0.15, -0.1) is 0 Å². The number of fused-ring (bicyclic) bond motifs is 3. The van der Waals surface area contributed by atoms with Gasteiger partial charge in [-0.1, -0.05) is 18.0 Å². The largest absolute Gasteiger partial charge is 0.435 e. The first-order valence-electron chi connectivity index (χ1n) is 8.32. The zero-order valence-electron chi connectivity index (χ0n) is 13.5. The molecular formula is C18H19ClN2O3. The van der Waals surface area contributed by atoms with E-state index in [4.69, 9.17) is 16.3 Å². The van der Waals surface area contributed by atoms with E-state index in [1.165, 1.54) is 6.92 Å². The number of amides is 1. The molecule has 1 fully saturated rings. The molecule has 1 amide bonds. The Kier molecular flexibility index (Phi) is 3.76. The second-order valence-corrected chi connectivity index (χ2v) is 7.02. The number of hydrogen-bond acceptors (Lipinski definition) is 3. The van der Waals surface area contributed by atoms with Gasteiger partial charge in [0.05, 0.1) is 11.6 Å². The monoisotopic (exact) mass is 346 g/mol. The van der Waals surface area contributed by atoms with Crippen molar-refractivity contribution in [2.24, 2.45) is 5.92 Å². The quantitative estimate of drug-likeness (QED) is 0.845. The fourth-order valence-corrected chi connectivity index (χ4v) is 3.69. The molecule has 5 nitrogen and oxygen atoms in total. The highest BCUT2D eigenvalue weighted by Gasteiger charge is 2.37. The first-order chi connectivity index (χ1) is 11.5. The molecule has 0 radical (unpaired) electrons. The smallest absolute Gasteiger partial charge is 0.311 e. The van der Waals surface area contributed by atoms with Crippen molar-refractivity contribution in [3.8, 4) is 0 Å². The minimum atomic E-state index is -0.675. The number of halogens is 1. The number of H-pyrrole nitrogens is 1. The van der Waals surface area contributed by atoms with Gasteiger partial charge in [0.2, 0.25) is 12.1 Å². The number of esters is 1. The normalized spacial score (nSPS) is 20.6. The van der Waals surface area contributed by atoms with Crippen LogP contribution in [0.1, 0.15) is 43.7 Å². The molecule has 1 N–H and O–H groups in total. The number of nitrogens with zero attached hydrogens (tertiary/aromatic N) is 1. The Morgan fingerprint density at radius 1 is 1.33 bits per heavy atom. The van der Waals surface area contributed by atoms with Crippen LogP contribution in [0, 0.1) is 5.92 Å². The summed E-state index contributed by atoms with van der Waals surface area (Å²) in [5.41, 5.74) is 2.82. The molecule has 1 atom stereocenters. The lowest BCUT2D eigenvalue weighted by atomic mass is 9.85. The molecule has 0 bridgehead atoms. The standard InChI is InChI=1S/C18H19ClN2O3/c1-10(22)21-8-7-13-14-9-12(19)5-6-15(14)20-16(13)17(21)24-18(23)11-3-2-4-11/h5-6,9,11,17,20H,2-4,7-8H2,1H3. The Balaban J connectivity index is 1.75. The van der Waals surface area contributed by atoms with E-state index >= 15 is 0 Å². The van der Waals surface area contributed by atoms with Crippen molar-refractivity contribution in [2.45, 2.75) is 38.8 Å². The number of benzene rings is 1. The van der Waals surface area contributed by atoms with Crippen LogP contribution in [0.15, 0.2) is 18.2 Å². The lowest BCUT2D eigenvalue weighted by Crippen LogP contribution is -2.42. The van der Waals surface area contributed by atoms with Crippen molar-refractivity contribution in [2.75, 3.05) is 6.54 Å². The molecule has 126 valence electrons. The molecule has 1 aliphatic carbocycles. The highest BCUT2D eigenvalue weighted by atomic mass is 35.5. The molecule has 0 saturated heterocycles. The molecule has 1 aromatic carbocycles. The van der Waals surface area contributed by atoms with Gasteiger partial charge in [0.1, 0.15) is 0 Å². The van der Waals surface area contributed by atoms with Crippen molar-refractivity contribution in [1.82, 2.24) is 9.88 Å². The van der Waals surface area contributed by atoms with Crippen LogP contribution in [0.25, 0.3) is 10.9 Å². The van der Waals surface area contributed by atoms with E-state index in [1.54, 1.807) is 4.90 Å². The zero-order valence-corrected chi connectivity index (χ0v) is 14.2. The van der Waals surface area contributed by atoms with Gasteiger partial charge in [0.25, 0.3) is 0 Å². The van der Waals surface area contributed by atoms with Gasteiger partial charge in [-0.05, 0) is 43.0 Å². The van der Waals surface area contributed by atoms with Crippen molar-refractivity contribution in [1.29, 1.82) is 0 Å². The van der Waals surface area contributed by atoms with Crippen LogP contribution >= 0.6 is 11.6 Å².